The molecule has 18 heavy (non-hydrogen) atoms. The summed E-state index contributed by atoms with van der Waals surface area (Å²) < 4.78 is 5.16. The molecule has 2 aromatic rings. The summed E-state index contributed by atoms with van der Waals surface area (Å²) in [7, 11) is 1.68. The lowest BCUT2D eigenvalue weighted by Crippen LogP contribution is -1.93. The zero-order valence-corrected chi connectivity index (χ0v) is 11.6. The molecular weight excluding hydrogens is 244 g/mol. The predicted octanol–water partition coefficient (Wildman–Crippen LogP) is 3.28. The number of methoxy groups -OCH3 is 1. The molecule has 0 aliphatic rings. The van der Waals surface area contributed by atoms with E-state index in [-0.39, 0.29) is 0 Å². The van der Waals surface area contributed by atoms with Crippen LogP contribution in [0.5, 0.6) is 5.75 Å². The zero-order valence-electron chi connectivity index (χ0n) is 10.8. The molecule has 2 N–H and O–H groups in total. The van der Waals surface area contributed by atoms with E-state index < -0.39 is 0 Å². The fourth-order valence-electron chi connectivity index (χ4n) is 1.90. The minimum atomic E-state index is 0.668. The van der Waals surface area contributed by atoms with E-state index in [0.29, 0.717) is 5.13 Å². The second-order valence-electron chi connectivity index (χ2n) is 4.20. The summed E-state index contributed by atoms with van der Waals surface area (Å²) in [5.74, 6) is 0.886. The molecule has 1 heterocycles. The van der Waals surface area contributed by atoms with Crippen LogP contribution in [0.3, 0.4) is 0 Å². The first-order valence-electron chi connectivity index (χ1n) is 6.10. The SMILES string of the molecule is CCCc1nc(N)sc1Cc1ccc(OC)cc1. The van der Waals surface area contributed by atoms with Gasteiger partial charge >= 0.3 is 0 Å². The Bertz CT molecular complexity index is 505. The summed E-state index contributed by atoms with van der Waals surface area (Å²) >= 11 is 1.59. The van der Waals surface area contributed by atoms with Gasteiger partial charge in [-0.2, -0.15) is 0 Å². The normalized spacial score (nSPS) is 10.6. The summed E-state index contributed by atoms with van der Waals surface area (Å²) in [6.45, 7) is 2.16. The molecule has 0 fully saturated rings. The molecule has 0 aliphatic heterocycles. The largest absolute Gasteiger partial charge is 0.497 e. The van der Waals surface area contributed by atoms with Crippen LogP contribution in [0, 0.1) is 0 Å². The molecule has 1 aromatic heterocycles. The van der Waals surface area contributed by atoms with Crippen molar-refractivity contribution in [2.75, 3.05) is 12.8 Å². The molecule has 3 nitrogen and oxygen atoms in total. The first-order valence-corrected chi connectivity index (χ1v) is 6.91. The fourth-order valence-corrected chi connectivity index (χ4v) is 2.81. The lowest BCUT2D eigenvalue weighted by Gasteiger charge is -2.03. The Balaban J connectivity index is 2.16. The molecule has 0 atom stereocenters. The number of aromatic nitrogens is 1. The third kappa shape index (κ3) is 3.01. The van der Waals surface area contributed by atoms with Gasteiger partial charge in [-0.1, -0.05) is 25.5 Å². The van der Waals surface area contributed by atoms with Crippen LogP contribution in [0.25, 0.3) is 0 Å². The number of ether oxygens (including phenoxy) is 1. The van der Waals surface area contributed by atoms with Crippen molar-refractivity contribution in [1.82, 2.24) is 4.98 Å². The van der Waals surface area contributed by atoms with Gasteiger partial charge in [-0.15, -0.1) is 11.3 Å². The summed E-state index contributed by atoms with van der Waals surface area (Å²) in [5, 5.41) is 0.668. The molecule has 0 radical (unpaired) electrons. The molecule has 0 aliphatic carbocycles. The van der Waals surface area contributed by atoms with Gasteiger partial charge in [-0.25, -0.2) is 4.98 Å². The highest BCUT2D eigenvalue weighted by Crippen LogP contribution is 2.25. The smallest absolute Gasteiger partial charge is 0.180 e. The van der Waals surface area contributed by atoms with E-state index in [9.17, 15) is 0 Å². The number of benzene rings is 1. The first kappa shape index (κ1) is 12.9. The van der Waals surface area contributed by atoms with Crippen molar-refractivity contribution >= 4 is 16.5 Å². The highest BCUT2D eigenvalue weighted by molar-refractivity contribution is 7.15. The number of nitrogens with two attached hydrogens (primary N) is 1. The van der Waals surface area contributed by atoms with Crippen molar-refractivity contribution < 1.29 is 4.74 Å². The topological polar surface area (TPSA) is 48.1 Å². The average molecular weight is 262 g/mol. The maximum absolute atomic E-state index is 5.80. The van der Waals surface area contributed by atoms with Gasteiger partial charge in [0.15, 0.2) is 5.13 Å². The van der Waals surface area contributed by atoms with Crippen LogP contribution in [0.15, 0.2) is 24.3 Å². The van der Waals surface area contributed by atoms with Crippen molar-refractivity contribution in [2.45, 2.75) is 26.2 Å². The van der Waals surface area contributed by atoms with Gasteiger partial charge in [0, 0.05) is 11.3 Å². The van der Waals surface area contributed by atoms with E-state index in [0.717, 1.165) is 30.7 Å². The van der Waals surface area contributed by atoms with Crippen molar-refractivity contribution in [1.29, 1.82) is 0 Å². The molecule has 2 rings (SSSR count). The van der Waals surface area contributed by atoms with Gasteiger partial charge in [0.25, 0.3) is 0 Å². The molecule has 0 spiro atoms. The maximum Gasteiger partial charge on any atom is 0.180 e. The Morgan fingerprint density at radius 3 is 2.61 bits per heavy atom. The third-order valence-corrected chi connectivity index (χ3v) is 3.73. The van der Waals surface area contributed by atoms with Crippen molar-refractivity contribution in [3.05, 3.63) is 40.4 Å². The molecule has 0 saturated carbocycles. The Labute approximate surface area is 112 Å². The highest BCUT2D eigenvalue weighted by Gasteiger charge is 2.09. The van der Waals surface area contributed by atoms with Crippen molar-refractivity contribution in [3.8, 4) is 5.75 Å². The second kappa shape index (κ2) is 5.87. The van der Waals surface area contributed by atoms with Gasteiger partial charge in [0.1, 0.15) is 5.75 Å². The highest BCUT2D eigenvalue weighted by atomic mass is 32.1. The number of anilines is 1. The van der Waals surface area contributed by atoms with E-state index in [2.05, 4.69) is 24.0 Å². The first-order chi connectivity index (χ1) is 8.72. The molecule has 0 bridgehead atoms. The zero-order chi connectivity index (χ0) is 13.0. The van der Waals surface area contributed by atoms with E-state index in [1.54, 1.807) is 18.4 Å². The number of rotatable bonds is 5. The van der Waals surface area contributed by atoms with Crippen molar-refractivity contribution in [2.24, 2.45) is 0 Å². The van der Waals surface area contributed by atoms with Crippen LogP contribution >= 0.6 is 11.3 Å². The minimum absolute atomic E-state index is 0.668. The van der Waals surface area contributed by atoms with E-state index in [4.69, 9.17) is 10.5 Å². The van der Waals surface area contributed by atoms with Gasteiger partial charge < -0.3 is 10.5 Å². The average Bonchev–Trinajstić information content (AvgIpc) is 2.71. The Morgan fingerprint density at radius 1 is 1.28 bits per heavy atom. The standard InChI is InChI=1S/C14H18N2OS/c1-3-4-12-13(18-14(15)16-12)9-10-5-7-11(17-2)8-6-10/h5-8H,3-4,9H2,1-2H3,(H2,15,16). The molecular formula is C14H18N2OS. The van der Waals surface area contributed by atoms with Crippen molar-refractivity contribution in [3.63, 3.8) is 0 Å². The molecule has 1 aromatic carbocycles. The summed E-state index contributed by atoms with van der Waals surface area (Å²) in [4.78, 5) is 5.68. The monoisotopic (exact) mass is 262 g/mol. The summed E-state index contributed by atoms with van der Waals surface area (Å²) in [6.07, 6.45) is 2.99. The summed E-state index contributed by atoms with van der Waals surface area (Å²) in [6, 6.07) is 8.15. The van der Waals surface area contributed by atoms with Crippen LogP contribution in [-0.4, -0.2) is 12.1 Å². The fraction of sp³-hybridized carbons (Fsp3) is 0.357. The molecule has 0 unspecified atom stereocenters. The van der Waals surface area contributed by atoms with Gasteiger partial charge in [-0.3, -0.25) is 0 Å². The van der Waals surface area contributed by atoms with Crippen LogP contribution < -0.4 is 10.5 Å². The van der Waals surface area contributed by atoms with Gasteiger partial charge in [0.2, 0.25) is 0 Å². The van der Waals surface area contributed by atoms with Gasteiger partial charge in [-0.05, 0) is 24.1 Å². The van der Waals surface area contributed by atoms with Gasteiger partial charge in [0.05, 0.1) is 12.8 Å². The number of nitrogen functional groups attached to an aromatic ring is 1. The lowest BCUT2D eigenvalue weighted by atomic mass is 10.1. The number of hydrogen-bond acceptors (Lipinski definition) is 4. The predicted molar refractivity (Wildman–Crippen MR) is 76.3 cm³/mol. The molecule has 0 amide bonds. The van der Waals surface area contributed by atoms with E-state index in [1.165, 1.54) is 10.4 Å². The third-order valence-electron chi connectivity index (χ3n) is 2.81. The number of thiazole rings is 1. The Kier molecular flexibility index (Phi) is 4.20. The number of hydrogen-bond donors (Lipinski definition) is 1. The van der Waals surface area contributed by atoms with E-state index >= 15 is 0 Å². The molecule has 4 heteroatoms. The van der Waals surface area contributed by atoms with Crippen LogP contribution in [-0.2, 0) is 12.8 Å². The molecule has 0 saturated heterocycles. The van der Waals surface area contributed by atoms with E-state index in [1.807, 2.05) is 12.1 Å². The lowest BCUT2D eigenvalue weighted by molar-refractivity contribution is 0.414. The second-order valence-corrected chi connectivity index (χ2v) is 5.31. The van der Waals surface area contributed by atoms with Crippen LogP contribution in [0.4, 0.5) is 5.13 Å². The Hall–Kier alpha value is -1.55. The number of aryl methyl sites for hydroxylation is 1. The van der Waals surface area contributed by atoms with Crippen LogP contribution in [0.1, 0.15) is 29.5 Å². The minimum Gasteiger partial charge on any atom is -0.497 e. The maximum atomic E-state index is 5.80. The quantitative estimate of drug-likeness (QED) is 0.899. The Morgan fingerprint density at radius 2 is 2.00 bits per heavy atom. The number of nitrogens with zero attached hydrogens (tertiary/aromatic N) is 1. The summed E-state index contributed by atoms with van der Waals surface area (Å²) in [5.41, 5.74) is 8.21. The van der Waals surface area contributed by atoms with Crippen LogP contribution in [0.2, 0.25) is 0 Å². The molecule has 96 valence electrons.